The molecule has 2 aromatic rings. The van der Waals surface area contributed by atoms with Crippen molar-refractivity contribution in [2.24, 2.45) is 0 Å². The summed E-state index contributed by atoms with van der Waals surface area (Å²) in [5.41, 5.74) is 5.14. The van der Waals surface area contributed by atoms with Gasteiger partial charge in [0.25, 0.3) is 0 Å². The van der Waals surface area contributed by atoms with Crippen molar-refractivity contribution in [3.63, 3.8) is 0 Å². The van der Waals surface area contributed by atoms with Gasteiger partial charge in [0.05, 0.1) is 6.61 Å². The fourth-order valence-electron chi connectivity index (χ4n) is 2.49. The van der Waals surface area contributed by atoms with Crippen LogP contribution in [0.5, 0.6) is 0 Å². The highest BCUT2D eigenvalue weighted by Crippen LogP contribution is 2.20. The first kappa shape index (κ1) is 17.0. The number of aliphatic hydroxyl groups is 1. The quantitative estimate of drug-likeness (QED) is 0.765. The summed E-state index contributed by atoms with van der Waals surface area (Å²) in [5, 5.41) is 14.9. The third-order valence-electron chi connectivity index (χ3n) is 3.88. The van der Waals surface area contributed by atoms with Gasteiger partial charge in [-0.2, -0.15) is 0 Å². The molecule has 0 heterocycles. The maximum Gasteiger partial charge on any atom is 0.319 e. The molecule has 0 saturated carbocycles. The van der Waals surface area contributed by atoms with Crippen molar-refractivity contribution in [3.8, 4) is 0 Å². The molecule has 0 unspecified atom stereocenters. The number of urea groups is 1. The summed E-state index contributed by atoms with van der Waals surface area (Å²) in [7, 11) is 0. The third-order valence-corrected chi connectivity index (χ3v) is 3.88. The third kappa shape index (κ3) is 4.83. The zero-order chi connectivity index (χ0) is 16.7. The second kappa shape index (κ2) is 8.34. The lowest BCUT2D eigenvalue weighted by Gasteiger charge is -2.13. The van der Waals surface area contributed by atoms with Crippen molar-refractivity contribution in [2.45, 2.75) is 33.3 Å². The second-order valence-electron chi connectivity index (χ2n) is 5.57. The molecule has 0 fully saturated rings. The molecule has 0 aromatic heterocycles. The predicted octanol–water partition coefficient (Wildman–Crippen LogP) is 3.41. The number of aliphatic hydroxyl groups excluding tert-OH is 1. The summed E-state index contributed by atoms with van der Waals surface area (Å²) in [6, 6.07) is 13.6. The van der Waals surface area contributed by atoms with Gasteiger partial charge in [-0.1, -0.05) is 49.4 Å². The summed E-state index contributed by atoms with van der Waals surface area (Å²) in [6.07, 6.45) is 1.64. The molecule has 0 radical (unpaired) electrons. The lowest BCUT2D eigenvalue weighted by atomic mass is 10.1. The molecule has 0 aliphatic heterocycles. The fourth-order valence-corrected chi connectivity index (χ4v) is 2.49. The van der Waals surface area contributed by atoms with Crippen molar-refractivity contribution in [3.05, 3.63) is 64.7 Å². The Hall–Kier alpha value is -2.33. The Morgan fingerprint density at radius 2 is 1.78 bits per heavy atom. The van der Waals surface area contributed by atoms with Gasteiger partial charge in [-0.15, -0.1) is 0 Å². The molecule has 0 saturated heterocycles. The number of anilines is 1. The SMILES string of the molecule is CCc1cccc(C)c1NC(=O)NCCc1ccc(CO)cc1. The van der Waals surface area contributed by atoms with Gasteiger partial charge < -0.3 is 15.7 Å². The van der Waals surface area contributed by atoms with Gasteiger partial charge in [0, 0.05) is 12.2 Å². The number of benzene rings is 2. The van der Waals surface area contributed by atoms with Crippen LogP contribution < -0.4 is 10.6 Å². The van der Waals surface area contributed by atoms with Gasteiger partial charge in [-0.05, 0) is 42.0 Å². The summed E-state index contributed by atoms with van der Waals surface area (Å²) >= 11 is 0. The minimum absolute atomic E-state index is 0.0527. The van der Waals surface area contributed by atoms with E-state index in [9.17, 15) is 4.79 Å². The van der Waals surface area contributed by atoms with E-state index in [1.54, 1.807) is 0 Å². The molecule has 2 aromatic carbocycles. The van der Waals surface area contributed by atoms with Gasteiger partial charge in [0.15, 0.2) is 0 Å². The van der Waals surface area contributed by atoms with Gasteiger partial charge in [-0.25, -0.2) is 4.79 Å². The molecular formula is C19H24N2O2. The number of carbonyl (C=O) groups excluding carboxylic acids is 1. The Balaban J connectivity index is 1.85. The average Bonchev–Trinajstić information content (AvgIpc) is 2.57. The van der Waals surface area contributed by atoms with Gasteiger partial charge in [0.1, 0.15) is 0 Å². The van der Waals surface area contributed by atoms with Crippen LogP contribution in [0.3, 0.4) is 0 Å². The Morgan fingerprint density at radius 1 is 1.09 bits per heavy atom. The maximum atomic E-state index is 12.1. The van der Waals surface area contributed by atoms with Crippen LogP contribution in [0.25, 0.3) is 0 Å². The molecule has 2 rings (SSSR count). The molecule has 3 N–H and O–H groups in total. The van der Waals surface area contributed by atoms with E-state index in [-0.39, 0.29) is 12.6 Å². The standard InChI is InChI=1S/C19H24N2O2/c1-3-17-6-4-5-14(2)18(17)21-19(23)20-12-11-15-7-9-16(13-22)10-8-15/h4-10,22H,3,11-13H2,1-2H3,(H2,20,21,23). The highest BCUT2D eigenvalue weighted by molar-refractivity contribution is 5.91. The summed E-state index contributed by atoms with van der Waals surface area (Å²) < 4.78 is 0. The van der Waals surface area contributed by atoms with E-state index in [0.717, 1.165) is 40.8 Å². The lowest BCUT2D eigenvalue weighted by Crippen LogP contribution is -2.31. The Morgan fingerprint density at radius 3 is 2.43 bits per heavy atom. The molecule has 0 aliphatic rings. The first-order valence-electron chi connectivity index (χ1n) is 7.96. The number of carbonyl (C=O) groups is 1. The van der Waals surface area contributed by atoms with Crippen molar-refractivity contribution in [1.29, 1.82) is 0 Å². The van der Waals surface area contributed by atoms with E-state index in [0.29, 0.717) is 6.54 Å². The van der Waals surface area contributed by atoms with E-state index >= 15 is 0 Å². The van der Waals surface area contributed by atoms with Gasteiger partial charge in [0.2, 0.25) is 0 Å². The van der Waals surface area contributed by atoms with Crippen LogP contribution in [-0.4, -0.2) is 17.7 Å². The molecule has 4 heteroatoms. The van der Waals surface area contributed by atoms with Crippen molar-refractivity contribution in [1.82, 2.24) is 5.32 Å². The van der Waals surface area contributed by atoms with Crippen molar-refractivity contribution < 1.29 is 9.90 Å². The number of hydrogen-bond acceptors (Lipinski definition) is 2. The Labute approximate surface area is 137 Å². The van der Waals surface area contributed by atoms with E-state index in [1.807, 2.05) is 49.4 Å². The first-order valence-corrected chi connectivity index (χ1v) is 7.96. The molecule has 4 nitrogen and oxygen atoms in total. The average molecular weight is 312 g/mol. The summed E-state index contributed by atoms with van der Waals surface area (Å²) in [6.45, 7) is 4.69. The smallest absolute Gasteiger partial charge is 0.319 e. The highest BCUT2D eigenvalue weighted by Gasteiger charge is 2.07. The van der Waals surface area contributed by atoms with Crippen LogP contribution in [0.4, 0.5) is 10.5 Å². The van der Waals surface area contributed by atoms with Crippen LogP contribution in [0.2, 0.25) is 0 Å². The summed E-state index contributed by atoms with van der Waals surface area (Å²) in [4.78, 5) is 12.1. The molecule has 0 spiro atoms. The molecule has 0 atom stereocenters. The minimum Gasteiger partial charge on any atom is -0.392 e. The lowest BCUT2D eigenvalue weighted by molar-refractivity contribution is 0.252. The number of para-hydroxylation sites is 1. The fraction of sp³-hybridized carbons (Fsp3) is 0.316. The molecule has 2 amide bonds. The monoisotopic (exact) mass is 312 g/mol. The zero-order valence-electron chi connectivity index (χ0n) is 13.7. The molecule has 0 aliphatic carbocycles. The number of aryl methyl sites for hydroxylation is 2. The Kier molecular flexibility index (Phi) is 6.18. The molecule has 0 bridgehead atoms. The largest absolute Gasteiger partial charge is 0.392 e. The normalized spacial score (nSPS) is 10.4. The predicted molar refractivity (Wildman–Crippen MR) is 93.6 cm³/mol. The second-order valence-corrected chi connectivity index (χ2v) is 5.57. The minimum atomic E-state index is -0.180. The first-order chi connectivity index (χ1) is 11.1. The van der Waals surface area contributed by atoms with Crippen LogP contribution >= 0.6 is 0 Å². The molecular weight excluding hydrogens is 288 g/mol. The number of nitrogens with one attached hydrogen (secondary N) is 2. The van der Waals surface area contributed by atoms with E-state index in [2.05, 4.69) is 17.6 Å². The topological polar surface area (TPSA) is 61.4 Å². The maximum absolute atomic E-state index is 12.1. The van der Waals surface area contributed by atoms with E-state index < -0.39 is 0 Å². The van der Waals surface area contributed by atoms with Crippen LogP contribution in [0.15, 0.2) is 42.5 Å². The van der Waals surface area contributed by atoms with Crippen LogP contribution in [-0.2, 0) is 19.4 Å². The number of amides is 2. The molecule has 23 heavy (non-hydrogen) atoms. The Bertz CT molecular complexity index is 651. The van der Waals surface area contributed by atoms with Gasteiger partial charge in [-0.3, -0.25) is 0 Å². The van der Waals surface area contributed by atoms with Gasteiger partial charge >= 0.3 is 6.03 Å². The zero-order valence-corrected chi connectivity index (χ0v) is 13.7. The summed E-state index contributed by atoms with van der Waals surface area (Å²) in [5.74, 6) is 0. The van der Waals surface area contributed by atoms with Crippen LogP contribution in [0, 0.1) is 6.92 Å². The van der Waals surface area contributed by atoms with Crippen LogP contribution in [0.1, 0.15) is 29.2 Å². The highest BCUT2D eigenvalue weighted by atomic mass is 16.3. The van der Waals surface area contributed by atoms with E-state index in [4.69, 9.17) is 5.11 Å². The molecule has 122 valence electrons. The van der Waals surface area contributed by atoms with Crippen molar-refractivity contribution >= 4 is 11.7 Å². The number of hydrogen-bond donors (Lipinski definition) is 3. The van der Waals surface area contributed by atoms with E-state index in [1.165, 1.54) is 0 Å². The van der Waals surface area contributed by atoms with Crippen molar-refractivity contribution in [2.75, 3.05) is 11.9 Å². The number of rotatable bonds is 6.